The SMILES string of the molecule is COC(=O)CSC1CCCc2ccccc2C1N. The van der Waals surface area contributed by atoms with E-state index >= 15 is 0 Å². The van der Waals surface area contributed by atoms with Crippen molar-refractivity contribution in [3.05, 3.63) is 35.4 Å². The quantitative estimate of drug-likeness (QED) is 0.673. The first-order valence-corrected chi connectivity index (χ1v) is 7.29. The van der Waals surface area contributed by atoms with E-state index in [4.69, 9.17) is 5.73 Å². The van der Waals surface area contributed by atoms with Crippen LogP contribution in [-0.2, 0) is 16.0 Å². The van der Waals surface area contributed by atoms with Gasteiger partial charge in [0.25, 0.3) is 0 Å². The van der Waals surface area contributed by atoms with Gasteiger partial charge in [-0.1, -0.05) is 24.3 Å². The summed E-state index contributed by atoms with van der Waals surface area (Å²) in [5.74, 6) is 0.210. The Morgan fingerprint density at radius 1 is 1.50 bits per heavy atom. The van der Waals surface area contributed by atoms with E-state index in [1.54, 1.807) is 11.8 Å². The van der Waals surface area contributed by atoms with Crippen LogP contribution in [0.3, 0.4) is 0 Å². The lowest BCUT2D eigenvalue weighted by atomic mass is 10.00. The molecule has 1 aromatic rings. The first-order chi connectivity index (χ1) is 8.72. The molecule has 0 saturated heterocycles. The van der Waals surface area contributed by atoms with Gasteiger partial charge in [0.15, 0.2) is 0 Å². The van der Waals surface area contributed by atoms with Crippen LogP contribution >= 0.6 is 11.8 Å². The summed E-state index contributed by atoms with van der Waals surface area (Å²) in [6.07, 6.45) is 3.26. The zero-order valence-corrected chi connectivity index (χ0v) is 11.4. The van der Waals surface area contributed by atoms with Crippen LogP contribution < -0.4 is 5.73 Å². The lowest BCUT2D eigenvalue weighted by Gasteiger charge is -2.22. The van der Waals surface area contributed by atoms with E-state index in [1.807, 2.05) is 6.07 Å². The minimum Gasteiger partial charge on any atom is -0.468 e. The van der Waals surface area contributed by atoms with Crippen molar-refractivity contribution in [1.82, 2.24) is 0 Å². The summed E-state index contributed by atoms with van der Waals surface area (Å²) in [5, 5.41) is 0.299. The van der Waals surface area contributed by atoms with E-state index < -0.39 is 0 Å². The van der Waals surface area contributed by atoms with Crippen LogP contribution in [-0.4, -0.2) is 24.1 Å². The second-order valence-corrected chi connectivity index (χ2v) is 5.77. The summed E-state index contributed by atoms with van der Waals surface area (Å²) in [5.41, 5.74) is 8.93. The molecule has 98 valence electrons. The van der Waals surface area contributed by atoms with Crippen LogP contribution in [0.1, 0.15) is 30.0 Å². The monoisotopic (exact) mass is 265 g/mol. The van der Waals surface area contributed by atoms with Crippen molar-refractivity contribution in [2.24, 2.45) is 5.73 Å². The number of hydrogen-bond donors (Lipinski definition) is 1. The molecular formula is C14H19NO2S. The molecule has 0 saturated carbocycles. The number of benzene rings is 1. The maximum absolute atomic E-state index is 11.2. The highest BCUT2D eigenvalue weighted by Gasteiger charge is 2.25. The zero-order valence-electron chi connectivity index (χ0n) is 10.6. The first-order valence-electron chi connectivity index (χ1n) is 6.24. The van der Waals surface area contributed by atoms with E-state index in [0.29, 0.717) is 11.0 Å². The van der Waals surface area contributed by atoms with Crippen molar-refractivity contribution < 1.29 is 9.53 Å². The average Bonchev–Trinajstić information content (AvgIpc) is 2.56. The Morgan fingerprint density at radius 2 is 2.28 bits per heavy atom. The van der Waals surface area contributed by atoms with Crippen molar-refractivity contribution in [2.45, 2.75) is 30.6 Å². The summed E-state index contributed by atoms with van der Waals surface area (Å²) in [4.78, 5) is 11.2. The molecule has 1 aliphatic rings. The van der Waals surface area contributed by atoms with Crippen molar-refractivity contribution in [3.8, 4) is 0 Å². The Balaban J connectivity index is 2.08. The number of nitrogens with two attached hydrogens (primary N) is 1. The van der Waals surface area contributed by atoms with Gasteiger partial charge in [-0.05, 0) is 30.4 Å². The van der Waals surface area contributed by atoms with E-state index in [1.165, 1.54) is 18.2 Å². The van der Waals surface area contributed by atoms with Crippen LogP contribution in [0, 0.1) is 0 Å². The Morgan fingerprint density at radius 3 is 3.06 bits per heavy atom. The Labute approximate surface area is 112 Å². The van der Waals surface area contributed by atoms with Gasteiger partial charge in [-0.2, -0.15) is 0 Å². The fraction of sp³-hybridized carbons (Fsp3) is 0.500. The maximum Gasteiger partial charge on any atom is 0.315 e. The Kier molecular flexibility index (Phi) is 4.66. The standard InChI is InChI=1S/C14H19NO2S/c1-17-13(16)9-18-12-8-4-6-10-5-2-3-7-11(10)14(12)15/h2-3,5,7,12,14H,4,6,8-9,15H2,1H3. The first kappa shape index (κ1) is 13.4. The number of rotatable bonds is 3. The van der Waals surface area contributed by atoms with Gasteiger partial charge in [-0.15, -0.1) is 11.8 Å². The van der Waals surface area contributed by atoms with Gasteiger partial charge in [-0.3, -0.25) is 4.79 Å². The van der Waals surface area contributed by atoms with Crippen LogP contribution in [0.15, 0.2) is 24.3 Å². The van der Waals surface area contributed by atoms with Crippen LogP contribution in [0.5, 0.6) is 0 Å². The predicted octanol–water partition coefficient (Wildman–Crippen LogP) is 2.30. The van der Waals surface area contributed by atoms with Crippen LogP contribution in [0.4, 0.5) is 0 Å². The highest BCUT2D eigenvalue weighted by molar-refractivity contribution is 8.00. The predicted molar refractivity (Wildman–Crippen MR) is 74.6 cm³/mol. The van der Waals surface area contributed by atoms with E-state index in [-0.39, 0.29) is 12.0 Å². The van der Waals surface area contributed by atoms with Crippen molar-refractivity contribution in [1.29, 1.82) is 0 Å². The number of fused-ring (bicyclic) bond motifs is 1. The average molecular weight is 265 g/mol. The summed E-state index contributed by atoms with van der Waals surface area (Å²) in [6, 6.07) is 8.37. The molecule has 2 atom stereocenters. The number of ether oxygens (including phenoxy) is 1. The molecule has 0 bridgehead atoms. The Hall–Kier alpha value is -1.00. The van der Waals surface area contributed by atoms with E-state index in [9.17, 15) is 4.79 Å². The second-order valence-electron chi connectivity index (χ2n) is 4.54. The lowest BCUT2D eigenvalue weighted by Crippen LogP contribution is -2.24. The molecule has 18 heavy (non-hydrogen) atoms. The minimum atomic E-state index is -0.176. The molecule has 0 aromatic heterocycles. The van der Waals surface area contributed by atoms with Gasteiger partial charge in [0.2, 0.25) is 0 Å². The van der Waals surface area contributed by atoms with E-state index in [0.717, 1.165) is 19.3 Å². The molecule has 0 radical (unpaired) electrons. The highest BCUT2D eigenvalue weighted by Crippen LogP contribution is 2.34. The maximum atomic E-state index is 11.2. The largest absolute Gasteiger partial charge is 0.468 e. The summed E-state index contributed by atoms with van der Waals surface area (Å²) in [6.45, 7) is 0. The van der Waals surface area contributed by atoms with Crippen molar-refractivity contribution in [3.63, 3.8) is 0 Å². The molecule has 1 aromatic carbocycles. The van der Waals surface area contributed by atoms with Crippen LogP contribution in [0.25, 0.3) is 0 Å². The molecule has 0 fully saturated rings. The number of hydrogen-bond acceptors (Lipinski definition) is 4. The fourth-order valence-electron chi connectivity index (χ4n) is 2.38. The van der Waals surface area contributed by atoms with Crippen molar-refractivity contribution in [2.75, 3.05) is 12.9 Å². The van der Waals surface area contributed by atoms with Gasteiger partial charge < -0.3 is 10.5 Å². The van der Waals surface area contributed by atoms with Gasteiger partial charge >= 0.3 is 5.97 Å². The fourth-order valence-corrected chi connectivity index (χ4v) is 3.54. The molecule has 0 heterocycles. The number of carbonyl (C=O) groups is 1. The topological polar surface area (TPSA) is 52.3 Å². The third-order valence-corrected chi connectivity index (χ3v) is 4.75. The molecule has 2 N–H and O–H groups in total. The number of thioether (sulfide) groups is 1. The summed E-state index contributed by atoms with van der Waals surface area (Å²) in [7, 11) is 1.42. The molecule has 0 aliphatic heterocycles. The smallest absolute Gasteiger partial charge is 0.315 e. The van der Waals surface area contributed by atoms with Gasteiger partial charge in [0, 0.05) is 11.3 Å². The third-order valence-electron chi connectivity index (χ3n) is 3.39. The normalized spacial score (nSPS) is 23.0. The molecular weight excluding hydrogens is 246 g/mol. The molecule has 2 unspecified atom stereocenters. The van der Waals surface area contributed by atoms with Gasteiger partial charge in [0.1, 0.15) is 0 Å². The van der Waals surface area contributed by atoms with Gasteiger partial charge in [0.05, 0.1) is 12.9 Å². The third kappa shape index (κ3) is 3.06. The minimum absolute atomic E-state index is 0.0124. The number of esters is 1. The highest BCUT2D eigenvalue weighted by atomic mass is 32.2. The number of aryl methyl sites for hydroxylation is 1. The molecule has 0 spiro atoms. The Bertz CT molecular complexity index is 422. The molecule has 1 aliphatic carbocycles. The van der Waals surface area contributed by atoms with Crippen molar-refractivity contribution >= 4 is 17.7 Å². The molecule has 2 rings (SSSR count). The zero-order chi connectivity index (χ0) is 13.0. The second kappa shape index (κ2) is 6.25. The molecule has 4 heteroatoms. The molecule has 0 amide bonds. The summed E-state index contributed by atoms with van der Waals surface area (Å²) < 4.78 is 4.68. The summed E-state index contributed by atoms with van der Waals surface area (Å²) >= 11 is 1.62. The molecule has 3 nitrogen and oxygen atoms in total. The number of methoxy groups -OCH3 is 1. The van der Waals surface area contributed by atoms with E-state index in [2.05, 4.69) is 22.9 Å². The van der Waals surface area contributed by atoms with Crippen LogP contribution in [0.2, 0.25) is 0 Å². The lowest BCUT2D eigenvalue weighted by molar-refractivity contribution is -0.137. The number of carbonyl (C=O) groups excluding carboxylic acids is 1. The van der Waals surface area contributed by atoms with Gasteiger partial charge in [-0.25, -0.2) is 0 Å².